The van der Waals surface area contributed by atoms with Crippen molar-refractivity contribution in [2.75, 3.05) is 11.9 Å². The first-order valence-corrected chi connectivity index (χ1v) is 6.62. The minimum Gasteiger partial charge on any atom is -0.315 e. The number of hydrogen-bond donors (Lipinski definition) is 0. The number of rotatable bonds is 0. The lowest BCUT2D eigenvalue weighted by Gasteiger charge is -2.57. The highest BCUT2D eigenvalue weighted by Crippen LogP contribution is 2.65. The second-order valence-corrected chi connectivity index (χ2v) is 5.83. The molecule has 88 valence electrons. The molecule has 3 atom stereocenters. The van der Waals surface area contributed by atoms with E-state index in [2.05, 4.69) is 18.2 Å². The minimum atomic E-state index is 0.222. The largest absolute Gasteiger partial charge is 0.315 e. The highest BCUT2D eigenvalue weighted by molar-refractivity contribution is 6.00. The number of anilines is 1. The predicted octanol–water partition coefficient (Wildman–Crippen LogP) is 2.72. The van der Waals surface area contributed by atoms with Gasteiger partial charge >= 0.3 is 0 Å². The zero-order valence-corrected chi connectivity index (χ0v) is 10.1. The molecule has 2 nitrogen and oxygen atoms in total. The monoisotopic (exact) mass is 227 g/mol. The van der Waals surface area contributed by atoms with Crippen LogP contribution in [0.15, 0.2) is 24.3 Å². The molecule has 4 rings (SSSR count). The molecule has 1 heterocycles. The summed E-state index contributed by atoms with van der Waals surface area (Å²) in [4.78, 5) is 14.3. The van der Waals surface area contributed by atoms with Crippen molar-refractivity contribution in [1.82, 2.24) is 0 Å². The summed E-state index contributed by atoms with van der Waals surface area (Å²) in [6.07, 6.45) is 4.96. The van der Waals surface area contributed by atoms with Crippen LogP contribution in [0.1, 0.15) is 31.2 Å². The second-order valence-electron chi connectivity index (χ2n) is 5.83. The van der Waals surface area contributed by atoms with Gasteiger partial charge in [0.15, 0.2) is 0 Å². The van der Waals surface area contributed by atoms with Crippen LogP contribution in [0.4, 0.5) is 5.69 Å². The molecule has 0 N–H and O–H groups in total. The minimum absolute atomic E-state index is 0.222. The molecule has 17 heavy (non-hydrogen) atoms. The Morgan fingerprint density at radius 2 is 2.18 bits per heavy atom. The van der Waals surface area contributed by atoms with E-state index in [9.17, 15) is 4.79 Å². The molecule has 1 amide bonds. The van der Waals surface area contributed by atoms with Crippen molar-refractivity contribution in [2.45, 2.75) is 31.1 Å². The third-order valence-electron chi connectivity index (χ3n) is 5.41. The highest BCUT2D eigenvalue weighted by Gasteiger charge is 2.63. The van der Waals surface area contributed by atoms with E-state index >= 15 is 0 Å². The van der Waals surface area contributed by atoms with Crippen LogP contribution in [0.5, 0.6) is 0 Å². The normalized spacial score (nSPS) is 38.2. The molecule has 0 aromatic heterocycles. The molecule has 1 aromatic rings. The number of carbonyl (C=O) groups excluding carboxylic acids is 1. The van der Waals surface area contributed by atoms with Gasteiger partial charge in [0.1, 0.15) is 0 Å². The van der Waals surface area contributed by atoms with Crippen molar-refractivity contribution < 1.29 is 4.79 Å². The summed E-state index contributed by atoms with van der Waals surface area (Å²) in [6, 6.07) is 8.53. The Bertz CT molecular complexity index is 509. The van der Waals surface area contributed by atoms with E-state index in [1.165, 1.54) is 24.8 Å². The number of amides is 1. The number of hydrogen-bond acceptors (Lipinski definition) is 1. The molecule has 2 aliphatic carbocycles. The summed E-state index contributed by atoms with van der Waals surface area (Å²) in [5.41, 5.74) is 2.82. The topological polar surface area (TPSA) is 20.3 Å². The number of carbonyl (C=O) groups is 1. The second kappa shape index (κ2) is 2.92. The maximum Gasteiger partial charge on any atom is 0.230 e. The zero-order chi connectivity index (χ0) is 11.6. The Labute approximate surface area is 102 Å². The molecule has 0 unspecified atom stereocenters. The lowest BCUT2D eigenvalue weighted by atomic mass is 9.49. The Hall–Kier alpha value is -1.31. The SMILES string of the molecule is CN1C(=O)[C@@H]2C[C@H]3CCC[C@]32c2ccccc21. The fraction of sp³-hybridized carbons (Fsp3) is 0.533. The molecular weight excluding hydrogens is 210 g/mol. The Morgan fingerprint density at radius 1 is 1.35 bits per heavy atom. The number of fused-ring (bicyclic) bond motifs is 1. The number of nitrogens with zero attached hydrogens (tertiary/aromatic N) is 1. The molecule has 0 radical (unpaired) electrons. The number of benzene rings is 1. The highest BCUT2D eigenvalue weighted by atomic mass is 16.2. The van der Waals surface area contributed by atoms with Crippen molar-refractivity contribution in [3.63, 3.8) is 0 Å². The molecule has 1 aliphatic heterocycles. The lowest BCUT2D eigenvalue weighted by Crippen LogP contribution is -2.60. The van der Waals surface area contributed by atoms with Gasteiger partial charge in [-0.3, -0.25) is 4.79 Å². The van der Waals surface area contributed by atoms with Crippen LogP contribution in [-0.4, -0.2) is 13.0 Å². The molecule has 0 bridgehead atoms. The van der Waals surface area contributed by atoms with Gasteiger partial charge in [0.05, 0.1) is 0 Å². The molecule has 3 aliphatic rings. The van der Waals surface area contributed by atoms with Crippen LogP contribution >= 0.6 is 0 Å². The van der Waals surface area contributed by atoms with Gasteiger partial charge < -0.3 is 4.90 Å². The molecule has 0 saturated heterocycles. The van der Waals surface area contributed by atoms with E-state index < -0.39 is 0 Å². The zero-order valence-electron chi connectivity index (χ0n) is 10.1. The number of para-hydroxylation sites is 1. The smallest absolute Gasteiger partial charge is 0.230 e. The van der Waals surface area contributed by atoms with E-state index in [1.54, 1.807) is 0 Å². The third-order valence-corrected chi connectivity index (χ3v) is 5.41. The maximum atomic E-state index is 12.4. The Kier molecular flexibility index (Phi) is 1.67. The summed E-state index contributed by atoms with van der Waals surface area (Å²) in [5, 5.41) is 0. The first-order valence-electron chi connectivity index (χ1n) is 6.62. The average molecular weight is 227 g/mol. The molecule has 1 aromatic carbocycles. The van der Waals surface area contributed by atoms with Crippen molar-refractivity contribution in [2.24, 2.45) is 11.8 Å². The summed E-state index contributed by atoms with van der Waals surface area (Å²) in [7, 11) is 1.93. The lowest BCUT2D eigenvalue weighted by molar-refractivity contribution is -0.132. The average Bonchev–Trinajstić information content (AvgIpc) is 2.64. The standard InChI is InChI=1S/C15H17NO/c1-16-13-7-3-2-6-11(13)15-8-4-5-10(15)9-12(15)14(16)17/h2-3,6-7,10,12H,4-5,8-9H2,1H3/t10-,12+,15-/m1/s1. The van der Waals surface area contributed by atoms with Crippen molar-refractivity contribution in [3.8, 4) is 0 Å². The molecular formula is C15H17NO. The van der Waals surface area contributed by atoms with Crippen molar-refractivity contribution >= 4 is 11.6 Å². The molecule has 2 heteroatoms. The van der Waals surface area contributed by atoms with Crippen LogP contribution in [-0.2, 0) is 10.2 Å². The van der Waals surface area contributed by atoms with Crippen LogP contribution < -0.4 is 4.90 Å². The fourth-order valence-electron chi connectivity index (χ4n) is 4.60. The van der Waals surface area contributed by atoms with E-state index in [-0.39, 0.29) is 11.3 Å². The third kappa shape index (κ3) is 0.921. The molecule has 2 fully saturated rings. The van der Waals surface area contributed by atoms with Gasteiger partial charge in [-0.25, -0.2) is 0 Å². The maximum absolute atomic E-state index is 12.4. The van der Waals surface area contributed by atoms with Crippen LogP contribution in [0.2, 0.25) is 0 Å². The van der Waals surface area contributed by atoms with E-state index in [4.69, 9.17) is 0 Å². The van der Waals surface area contributed by atoms with Gasteiger partial charge in [0.25, 0.3) is 0 Å². The van der Waals surface area contributed by atoms with Crippen LogP contribution in [0.25, 0.3) is 0 Å². The molecule has 2 saturated carbocycles. The van der Waals surface area contributed by atoms with Gasteiger partial charge in [-0.2, -0.15) is 0 Å². The Balaban J connectivity index is 1.97. The fourth-order valence-corrected chi connectivity index (χ4v) is 4.60. The van der Waals surface area contributed by atoms with Crippen molar-refractivity contribution in [1.29, 1.82) is 0 Å². The van der Waals surface area contributed by atoms with E-state index in [1.807, 2.05) is 18.0 Å². The van der Waals surface area contributed by atoms with Gasteiger partial charge in [-0.1, -0.05) is 24.6 Å². The van der Waals surface area contributed by atoms with Crippen molar-refractivity contribution in [3.05, 3.63) is 29.8 Å². The van der Waals surface area contributed by atoms with Gasteiger partial charge in [0, 0.05) is 24.1 Å². The predicted molar refractivity (Wildman–Crippen MR) is 67.0 cm³/mol. The van der Waals surface area contributed by atoms with E-state index in [0.717, 1.165) is 18.0 Å². The van der Waals surface area contributed by atoms with Crippen LogP contribution in [0.3, 0.4) is 0 Å². The van der Waals surface area contributed by atoms with Gasteiger partial charge in [-0.15, -0.1) is 0 Å². The summed E-state index contributed by atoms with van der Waals surface area (Å²) in [5.74, 6) is 1.39. The summed E-state index contributed by atoms with van der Waals surface area (Å²) < 4.78 is 0. The molecule has 1 spiro atoms. The van der Waals surface area contributed by atoms with Gasteiger partial charge in [-0.05, 0) is 36.8 Å². The summed E-state index contributed by atoms with van der Waals surface area (Å²) in [6.45, 7) is 0. The van der Waals surface area contributed by atoms with E-state index in [0.29, 0.717) is 5.91 Å². The Morgan fingerprint density at radius 3 is 3.00 bits per heavy atom. The van der Waals surface area contributed by atoms with Gasteiger partial charge in [0.2, 0.25) is 5.91 Å². The van der Waals surface area contributed by atoms with Crippen LogP contribution in [0, 0.1) is 11.8 Å². The first kappa shape index (κ1) is 9.69. The summed E-state index contributed by atoms with van der Waals surface area (Å²) >= 11 is 0. The quantitative estimate of drug-likeness (QED) is 0.667. The first-order chi connectivity index (χ1) is 8.25.